The fourth-order valence-electron chi connectivity index (χ4n) is 10.9. The lowest BCUT2D eigenvalue weighted by Gasteiger charge is -2.42. The highest BCUT2D eigenvalue weighted by Crippen LogP contribution is 2.62. The SMILES string of the molecule is COSP(=O)(O)OCCCCCCOCC(COCCCO[P+](=O)OCCCCCCOC1OC(CO)C(O)C(O)C1NC(C)=O)(COCCCOP(=O)(OCCCCCCOC[C@@H]1OC(CO)C(O)C1O)SOC)COCCCOP(=O)(OCCCCCCOC1OC(CO)C(O)C(O)C1NC(C)=O)SOC. The van der Waals surface area contributed by atoms with E-state index in [2.05, 4.69) is 14.8 Å². The van der Waals surface area contributed by atoms with Gasteiger partial charge < -0.3 is 121 Å². The third-order valence-corrected chi connectivity index (χ3v) is 25.4. The molecule has 3 aliphatic rings. The maximum Gasteiger partial charge on any atom is 0.697 e. The Morgan fingerprint density at radius 3 is 1.08 bits per heavy atom. The topological polar surface area (TPSA) is 513 Å². The first-order valence-corrected chi connectivity index (χ1v) is 46.3. The molecular formula is C63H123N2O36P4S3+. The second-order valence-corrected chi connectivity index (χ2v) is 37.5. The number of rotatable bonds is 70. The van der Waals surface area contributed by atoms with Crippen LogP contribution in [-0.2, 0) is 119 Å². The van der Waals surface area contributed by atoms with E-state index in [4.69, 9.17) is 87.4 Å². The van der Waals surface area contributed by atoms with Crippen molar-refractivity contribution in [1.82, 2.24) is 10.6 Å². The summed E-state index contributed by atoms with van der Waals surface area (Å²) >= 11 is 1.52. The van der Waals surface area contributed by atoms with Gasteiger partial charge in [-0.25, -0.2) is 13.7 Å². The number of ether oxygens (including phenoxy) is 10. The van der Waals surface area contributed by atoms with Crippen LogP contribution in [0.15, 0.2) is 0 Å². The maximum absolute atomic E-state index is 13.7. The van der Waals surface area contributed by atoms with Gasteiger partial charge in [0.1, 0.15) is 121 Å². The number of hydrogen-bond acceptors (Lipinski definition) is 38. The van der Waals surface area contributed by atoms with Crippen molar-refractivity contribution in [3.8, 4) is 0 Å². The molecule has 0 aromatic rings. The second kappa shape index (κ2) is 60.1. The van der Waals surface area contributed by atoms with Crippen LogP contribution in [0, 0.1) is 5.41 Å². The van der Waals surface area contributed by atoms with Crippen LogP contribution in [0.3, 0.4) is 0 Å². The molecule has 3 rings (SSSR count). The Morgan fingerprint density at radius 1 is 0.398 bits per heavy atom. The molecule has 45 heteroatoms. The smallest absolute Gasteiger partial charge is 0.394 e. The molecular weight excluding hydrogens is 1580 g/mol. The van der Waals surface area contributed by atoms with E-state index in [0.29, 0.717) is 145 Å². The molecule has 3 saturated heterocycles. The van der Waals surface area contributed by atoms with Crippen molar-refractivity contribution in [1.29, 1.82) is 0 Å². The summed E-state index contributed by atoms with van der Waals surface area (Å²) in [4.78, 5) is 33.4. The highest BCUT2D eigenvalue weighted by molar-refractivity contribution is 8.53. The predicted molar refractivity (Wildman–Crippen MR) is 393 cm³/mol. The zero-order valence-corrected chi connectivity index (χ0v) is 68.7. The normalized spacial score (nSPS) is 26.3. The van der Waals surface area contributed by atoms with Crippen LogP contribution in [0.4, 0.5) is 0 Å². The molecule has 18 unspecified atom stereocenters. The standard InChI is InChI=1S/C63H122N2O36P4S3/c1-47(69)64-53-59(75)56(72)50(40-67)100-61(53)90-30-16-8-10-18-32-92-102(77)93-33-22-27-87-44-63(43-86-26-15-7-11-19-34-94-103(78,79)106-82-3,45-88-28-23-37-97-104(80,107-83-4)95-35-20-12-6-14-25-85-42-52-58(74)55(71)49(39-66)99-52)46-89-29-24-38-98-105(81,108-84-5)96-36-21-13-9-17-31-91-62-54(65-48(2)70)60(76)57(73)51(41-68)101-62/h49-62,66-68,71-76H,6-46H2,1-5H3,(H2-,64,65,69,70,78,79)/p+1/t49?,50?,51?,52-,53?,54?,55?,56?,57?,58?,59?,60?,61?,62?,63?,104?,105?/m0/s1. The predicted octanol–water partition coefficient (Wildman–Crippen LogP) is 4.84. The van der Waals surface area contributed by atoms with Crippen molar-refractivity contribution < 1.29 is 170 Å². The van der Waals surface area contributed by atoms with Gasteiger partial charge in [-0.15, -0.1) is 9.05 Å². The van der Waals surface area contributed by atoms with Crippen molar-refractivity contribution in [2.24, 2.45) is 5.41 Å². The van der Waals surface area contributed by atoms with Gasteiger partial charge in [-0.05, 0) is 70.6 Å². The van der Waals surface area contributed by atoms with E-state index < -0.39 is 151 Å². The first-order chi connectivity index (χ1) is 51.9. The quantitative estimate of drug-likeness (QED) is 0.0220. The number of carbonyl (C=O) groups is 2. The zero-order valence-electron chi connectivity index (χ0n) is 62.7. The maximum atomic E-state index is 13.7. The number of aliphatic hydroxyl groups excluding tert-OH is 9. The van der Waals surface area contributed by atoms with E-state index in [1.54, 1.807) is 0 Å². The number of carbonyl (C=O) groups excluding carboxylic acids is 2. The number of amides is 2. The summed E-state index contributed by atoms with van der Waals surface area (Å²) in [5.74, 6) is -0.932. The Kier molecular flexibility index (Phi) is 56.6. The van der Waals surface area contributed by atoms with Gasteiger partial charge in [-0.3, -0.25) is 32.2 Å². The number of aliphatic hydroxyl groups is 9. The largest absolute Gasteiger partial charge is 0.697 e. The van der Waals surface area contributed by atoms with Gasteiger partial charge in [-0.1, -0.05) is 51.4 Å². The Morgan fingerprint density at radius 2 is 0.704 bits per heavy atom. The molecule has 0 radical (unpaired) electrons. The van der Waals surface area contributed by atoms with Crippen LogP contribution in [0.2, 0.25) is 0 Å². The average Bonchev–Trinajstić information content (AvgIpc) is 1.34. The van der Waals surface area contributed by atoms with Gasteiger partial charge in [0.05, 0.1) is 113 Å². The lowest BCUT2D eigenvalue weighted by Crippen LogP contribution is -2.64. The minimum atomic E-state index is -3.93. The molecule has 108 heavy (non-hydrogen) atoms. The van der Waals surface area contributed by atoms with Gasteiger partial charge in [-0.2, -0.15) is 0 Å². The fraction of sp³-hybridized carbons (Fsp3) is 0.968. The number of unbranched alkanes of at least 4 members (excludes halogenated alkanes) is 12. The van der Waals surface area contributed by atoms with E-state index in [0.717, 1.165) is 12.8 Å². The third-order valence-electron chi connectivity index (χ3n) is 16.5. The molecule has 0 aromatic heterocycles. The van der Waals surface area contributed by atoms with Gasteiger partial charge in [0, 0.05) is 64.7 Å². The third kappa shape index (κ3) is 43.2. The highest BCUT2D eigenvalue weighted by atomic mass is 32.7. The van der Waals surface area contributed by atoms with Crippen LogP contribution in [0.5, 0.6) is 0 Å². The summed E-state index contributed by atoms with van der Waals surface area (Å²) in [6.45, 7) is -8.58. The van der Waals surface area contributed by atoms with Crippen molar-refractivity contribution in [2.75, 3.05) is 167 Å². The molecule has 0 spiro atoms. The molecule has 19 atom stereocenters. The Bertz CT molecular complexity index is 2500. The second-order valence-electron chi connectivity index (χ2n) is 25.6. The molecule has 38 nitrogen and oxygen atoms in total. The van der Waals surface area contributed by atoms with Crippen LogP contribution in [0.25, 0.3) is 0 Å². The number of nitrogens with one attached hydrogen (secondary N) is 2. The summed E-state index contributed by atoms with van der Waals surface area (Å²) in [6.07, 6.45) is -3.25. The van der Waals surface area contributed by atoms with Gasteiger partial charge in [0.25, 0.3) is 0 Å². The van der Waals surface area contributed by atoms with Crippen LogP contribution in [0.1, 0.15) is 136 Å². The average molecular weight is 1700 g/mol. The minimum absolute atomic E-state index is 0.0228. The summed E-state index contributed by atoms with van der Waals surface area (Å²) in [5.41, 5.74) is -0.965. The first-order valence-electron chi connectivity index (χ1n) is 36.5. The van der Waals surface area contributed by atoms with Crippen molar-refractivity contribution in [3.63, 3.8) is 0 Å². The molecule has 0 aromatic carbocycles. The fourth-order valence-corrected chi connectivity index (χ4v) is 17.7. The molecule has 2 amide bonds. The van der Waals surface area contributed by atoms with Gasteiger partial charge >= 0.3 is 28.6 Å². The monoisotopic (exact) mass is 1700 g/mol. The molecule has 0 saturated carbocycles. The minimum Gasteiger partial charge on any atom is -0.394 e. The molecule has 3 heterocycles. The number of hydrogen-bond donors (Lipinski definition) is 12. The van der Waals surface area contributed by atoms with E-state index in [1.165, 1.54) is 35.2 Å². The molecule has 0 aliphatic carbocycles. The van der Waals surface area contributed by atoms with Crippen LogP contribution < -0.4 is 10.6 Å². The molecule has 12 N–H and O–H groups in total. The molecule has 638 valence electrons. The molecule has 3 aliphatic heterocycles. The van der Waals surface area contributed by atoms with Crippen LogP contribution >= 0.6 is 63.6 Å². The summed E-state index contributed by atoms with van der Waals surface area (Å²) in [7, 11) is 1.48. The van der Waals surface area contributed by atoms with E-state index in [-0.39, 0.29) is 125 Å². The zero-order chi connectivity index (χ0) is 79.5. The molecule has 3 fully saturated rings. The first kappa shape index (κ1) is 102. The van der Waals surface area contributed by atoms with Crippen molar-refractivity contribution >= 4 is 75.4 Å². The summed E-state index contributed by atoms with van der Waals surface area (Å²) in [5, 5.41) is 95.3. The Balaban J connectivity index is 1.58. The lowest BCUT2D eigenvalue weighted by atomic mass is 9.92. The lowest BCUT2D eigenvalue weighted by molar-refractivity contribution is -0.270. The Labute approximate surface area is 646 Å². The highest BCUT2D eigenvalue weighted by Gasteiger charge is 2.47. The van der Waals surface area contributed by atoms with Gasteiger partial charge in [0.2, 0.25) is 11.8 Å². The van der Waals surface area contributed by atoms with Crippen LogP contribution in [-0.4, -0.2) is 315 Å². The molecule has 0 bridgehead atoms. The Hall–Kier alpha value is -0.420. The van der Waals surface area contributed by atoms with Crippen molar-refractivity contribution in [3.05, 3.63) is 0 Å². The van der Waals surface area contributed by atoms with E-state index in [1.807, 2.05) is 0 Å². The van der Waals surface area contributed by atoms with E-state index in [9.17, 15) is 78.7 Å². The van der Waals surface area contributed by atoms with Gasteiger partial charge in [0.15, 0.2) is 12.6 Å². The summed E-state index contributed by atoms with van der Waals surface area (Å²) < 4.78 is 165. The van der Waals surface area contributed by atoms with Crippen molar-refractivity contribution in [2.45, 2.75) is 222 Å². The van der Waals surface area contributed by atoms with E-state index >= 15 is 0 Å². The summed E-state index contributed by atoms with van der Waals surface area (Å²) in [6, 6.07) is -2.11.